The standard InChI is InChI=1S/C16H31NO3/c1-15(2,3)19-13-10-17-8-7-11(18)9-12(17)14(13)20-16(4,5)6/h11-14,18H,7-10H2,1-6H3/t11-,12+,13+,14+/m1/s1. The highest BCUT2D eigenvalue weighted by molar-refractivity contribution is 5.00. The molecule has 4 heteroatoms. The van der Waals surface area contributed by atoms with Gasteiger partial charge in [0.2, 0.25) is 0 Å². The molecule has 0 aromatic rings. The Morgan fingerprint density at radius 1 is 1.00 bits per heavy atom. The van der Waals surface area contributed by atoms with Gasteiger partial charge in [-0.2, -0.15) is 0 Å². The topological polar surface area (TPSA) is 41.9 Å². The van der Waals surface area contributed by atoms with Crippen LogP contribution in [0.1, 0.15) is 54.4 Å². The lowest BCUT2D eigenvalue weighted by molar-refractivity contribution is -0.154. The van der Waals surface area contributed by atoms with Crippen LogP contribution in [0.4, 0.5) is 0 Å². The summed E-state index contributed by atoms with van der Waals surface area (Å²) in [6, 6.07) is 0.283. The van der Waals surface area contributed by atoms with Gasteiger partial charge in [-0.1, -0.05) is 0 Å². The summed E-state index contributed by atoms with van der Waals surface area (Å²) in [6.45, 7) is 14.4. The molecule has 0 aromatic heterocycles. The number of nitrogens with zero attached hydrogens (tertiary/aromatic N) is 1. The molecule has 20 heavy (non-hydrogen) atoms. The number of hydrogen-bond acceptors (Lipinski definition) is 4. The van der Waals surface area contributed by atoms with Crippen LogP contribution in [0.3, 0.4) is 0 Å². The lowest BCUT2D eigenvalue weighted by Crippen LogP contribution is -2.48. The van der Waals surface area contributed by atoms with Crippen molar-refractivity contribution in [3.63, 3.8) is 0 Å². The summed E-state index contributed by atoms with van der Waals surface area (Å²) in [7, 11) is 0. The zero-order chi connectivity index (χ0) is 15.1. The third-order valence-corrected chi connectivity index (χ3v) is 3.89. The number of piperidine rings is 1. The maximum absolute atomic E-state index is 9.97. The summed E-state index contributed by atoms with van der Waals surface area (Å²) in [5, 5.41) is 9.97. The number of aliphatic hydroxyl groups is 1. The minimum Gasteiger partial charge on any atom is -0.393 e. The first-order valence-electron chi connectivity index (χ1n) is 7.83. The van der Waals surface area contributed by atoms with Crippen molar-refractivity contribution in [3.05, 3.63) is 0 Å². The van der Waals surface area contributed by atoms with Gasteiger partial charge < -0.3 is 14.6 Å². The second-order valence-corrected chi connectivity index (χ2v) is 8.20. The predicted octanol–water partition coefficient (Wildman–Crippen LogP) is 2.19. The van der Waals surface area contributed by atoms with Gasteiger partial charge in [-0.15, -0.1) is 0 Å². The van der Waals surface area contributed by atoms with Crippen LogP contribution in [0, 0.1) is 0 Å². The van der Waals surface area contributed by atoms with Crippen LogP contribution in [-0.2, 0) is 9.47 Å². The lowest BCUT2D eigenvalue weighted by Gasteiger charge is -2.38. The largest absolute Gasteiger partial charge is 0.393 e. The quantitative estimate of drug-likeness (QED) is 0.844. The molecule has 4 nitrogen and oxygen atoms in total. The minimum atomic E-state index is -0.198. The molecule has 0 bridgehead atoms. The predicted molar refractivity (Wildman–Crippen MR) is 79.9 cm³/mol. The molecule has 0 saturated carbocycles. The fourth-order valence-electron chi connectivity index (χ4n) is 3.30. The molecule has 2 aliphatic rings. The molecule has 1 N–H and O–H groups in total. The minimum absolute atomic E-state index is 0.0455. The molecule has 0 radical (unpaired) electrons. The summed E-state index contributed by atoms with van der Waals surface area (Å²) in [5.41, 5.74) is -0.361. The third kappa shape index (κ3) is 4.17. The molecule has 2 rings (SSSR count). The summed E-state index contributed by atoms with van der Waals surface area (Å²) in [4.78, 5) is 2.43. The molecule has 2 fully saturated rings. The average molecular weight is 285 g/mol. The first kappa shape index (κ1) is 16.2. The van der Waals surface area contributed by atoms with E-state index < -0.39 is 0 Å². The van der Waals surface area contributed by atoms with Gasteiger partial charge in [0.25, 0.3) is 0 Å². The van der Waals surface area contributed by atoms with Crippen molar-refractivity contribution in [1.29, 1.82) is 0 Å². The molecule has 0 aliphatic carbocycles. The van der Waals surface area contributed by atoms with Gasteiger partial charge >= 0.3 is 0 Å². The SMILES string of the molecule is CC(C)(C)O[C@@H]1[C@@H](OC(C)(C)C)CN2CC[C@@H](O)C[C@@H]12. The molecule has 2 aliphatic heterocycles. The summed E-state index contributed by atoms with van der Waals surface area (Å²) in [6.07, 6.45) is 1.59. The maximum atomic E-state index is 9.97. The molecular formula is C16H31NO3. The summed E-state index contributed by atoms with van der Waals surface area (Å²) in [5.74, 6) is 0. The van der Waals surface area contributed by atoms with E-state index in [1.165, 1.54) is 0 Å². The van der Waals surface area contributed by atoms with Gasteiger partial charge in [0.15, 0.2) is 0 Å². The van der Waals surface area contributed by atoms with Crippen molar-refractivity contribution in [2.75, 3.05) is 13.1 Å². The number of fused-ring (bicyclic) bond motifs is 1. The molecule has 0 aromatic carbocycles. The smallest absolute Gasteiger partial charge is 0.101 e. The molecular weight excluding hydrogens is 254 g/mol. The van der Waals surface area contributed by atoms with Gasteiger partial charge in [0.1, 0.15) is 6.10 Å². The fraction of sp³-hybridized carbons (Fsp3) is 1.00. The van der Waals surface area contributed by atoms with E-state index in [-0.39, 0.29) is 35.6 Å². The Labute approximate surface area is 123 Å². The highest BCUT2D eigenvalue weighted by atomic mass is 16.6. The van der Waals surface area contributed by atoms with Crippen molar-refractivity contribution >= 4 is 0 Å². The normalized spacial score (nSPS) is 36.1. The highest BCUT2D eigenvalue weighted by Gasteiger charge is 2.48. The number of rotatable bonds is 2. The molecule has 0 amide bonds. The molecule has 4 atom stereocenters. The van der Waals surface area contributed by atoms with E-state index in [4.69, 9.17) is 9.47 Å². The Morgan fingerprint density at radius 3 is 2.15 bits per heavy atom. The van der Waals surface area contributed by atoms with E-state index in [1.807, 2.05) is 0 Å². The van der Waals surface area contributed by atoms with Crippen molar-refractivity contribution < 1.29 is 14.6 Å². The number of aliphatic hydroxyl groups excluding tert-OH is 1. The number of hydrogen-bond donors (Lipinski definition) is 1. The Kier molecular flexibility index (Phi) is 4.51. The van der Waals surface area contributed by atoms with Crippen LogP contribution >= 0.6 is 0 Å². The zero-order valence-corrected chi connectivity index (χ0v) is 13.8. The molecule has 118 valence electrons. The van der Waals surface area contributed by atoms with E-state index in [2.05, 4.69) is 46.4 Å². The van der Waals surface area contributed by atoms with Crippen LogP contribution in [0.2, 0.25) is 0 Å². The van der Waals surface area contributed by atoms with E-state index in [0.29, 0.717) is 0 Å². The van der Waals surface area contributed by atoms with E-state index in [9.17, 15) is 5.11 Å². The highest BCUT2D eigenvalue weighted by Crippen LogP contribution is 2.35. The van der Waals surface area contributed by atoms with Crippen LogP contribution in [-0.4, -0.2) is 58.7 Å². The number of ether oxygens (including phenoxy) is 2. The van der Waals surface area contributed by atoms with Gasteiger partial charge in [-0.05, 0) is 54.4 Å². The first-order valence-corrected chi connectivity index (χ1v) is 7.83. The lowest BCUT2D eigenvalue weighted by atomic mass is 9.97. The van der Waals surface area contributed by atoms with E-state index in [1.54, 1.807) is 0 Å². The van der Waals surface area contributed by atoms with E-state index >= 15 is 0 Å². The summed E-state index contributed by atoms with van der Waals surface area (Å²) < 4.78 is 12.5. The Bertz CT molecular complexity index is 332. The van der Waals surface area contributed by atoms with Crippen molar-refractivity contribution in [2.45, 2.75) is 89.9 Å². The van der Waals surface area contributed by atoms with Crippen molar-refractivity contribution in [2.24, 2.45) is 0 Å². The van der Waals surface area contributed by atoms with Gasteiger partial charge in [0, 0.05) is 19.1 Å². The zero-order valence-electron chi connectivity index (χ0n) is 13.8. The summed E-state index contributed by atoms with van der Waals surface area (Å²) >= 11 is 0. The second kappa shape index (κ2) is 5.56. The van der Waals surface area contributed by atoms with Crippen LogP contribution < -0.4 is 0 Å². The molecule has 2 heterocycles. The van der Waals surface area contributed by atoms with Crippen LogP contribution in [0.5, 0.6) is 0 Å². The van der Waals surface area contributed by atoms with E-state index in [0.717, 1.165) is 25.9 Å². The second-order valence-electron chi connectivity index (χ2n) is 8.20. The Hall–Kier alpha value is -0.160. The van der Waals surface area contributed by atoms with Crippen LogP contribution in [0.15, 0.2) is 0 Å². The average Bonchev–Trinajstić information content (AvgIpc) is 2.52. The first-order chi connectivity index (χ1) is 9.05. The van der Waals surface area contributed by atoms with Gasteiger partial charge in [-0.25, -0.2) is 0 Å². The third-order valence-electron chi connectivity index (χ3n) is 3.89. The monoisotopic (exact) mass is 285 g/mol. The molecule has 2 saturated heterocycles. The maximum Gasteiger partial charge on any atom is 0.101 e. The van der Waals surface area contributed by atoms with Gasteiger partial charge in [-0.3, -0.25) is 4.90 Å². The Balaban J connectivity index is 2.14. The Morgan fingerprint density at radius 2 is 1.60 bits per heavy atom. The molecule has 0 spiro atoms. The van der Waals surface area contributed by atoms with Gasteiger partial charge in [0.05, 0.1) is 23.4 Å². The van der Waals surface area contributed by atoms with Crippen molar-refractivity contribution in [1.82, 2.24) is 4.90 Å². The molecule has 0 unspecified atom stereocenters. The van der Waals surface area contributed by atoms with Crippen LogP contribution in [0.25, 0.3) is 0 Å². The van der Waals surface area contributed by atoms with Crippen molar-refractivity contribution in [3.8, 4) is 0 Å². The fourth-order valence-corrected chi connectivity index (χ4v) is 3.30.